The van der Waals surface area contributed by atoms with Crippen LogP contribution in [-0.2, 0) is 0 Å². The summed E-state index contributed by atoms with van der Waals surface area (Å²) in [5.74, 6) is 0. The van der Waals surface area contributed by atoms with Crippen LogP contribution in [0.1, 0.15) is 0 Å². The molecule has 0 aliphatic carbocycles. The number of rotatable bonds is 2. The van der Waals surface area contributed by atoms with E-state index in [2.05, 4.69) is 0 Å². The highest BCUT2D eigenvalue weighted by atomic mass is 16.5. The monoisotopic (exact) mass is 132 g/mol. The minimum atomic E-state index is -0.452. The summed E-state index contributed by atoms with van der Waals surface area (Å²) >= 11 is 0. The average molecular weight is 132 g/mol. The molecule has 0 N–H and O–H groups in total. The van der Waals surface area contributed by atoms with Crippen molar-refractivity contribution in [3.8, 4) is 0 Å². The van der Waals surface area contributed by atoms with Crippen LogP contribution in [0.25, 0.3) is 0 Å². The van der Waals surface area contributed by atoms with Crippen molar-refractivity contribution in [3.63, 3.8) is 0 Å². The molecule has 0 radical (unpaired) electrons. The lowest BCUT2D eigenvalue weighted by atomic mass is 10.6. The van der Waals surface area contributed by atoms with Crippen molar-refractivity contribution < 1.29 is 9.39 Å². The van der Waals surface area contributed by atoms with E-state index < -0.39 is 4.65 Å². The van der Waals surface area contributed by atoms with E-state index in [1.807, 2.05) is 0 Å². The van der Waals surface area contributed by atoms with Gasteiger partial charge in [0, 0.05) is 0 Å². The predicted molar refractivity (Wildman–Crippen MR) is 36.0 cm³/mol. The van der Waals surface area contributed by atoms with Gasteiger partial charge in [0.2, 0.25) is 6.21 Å². The Hall–Kier alpha value is -0.610. The number of hydroxylamine groups is 4. The Balaban J connectivity index is 3.64. The Morgan fingerprint density at radius 3 is 2.11 bits per heavy atom. The normalized spacial score (nSPS) is 14.0. The Labute approximate surface area is 54.8 Å². The number of hydrogen-bond donors (Lipinski definition) is 0. The first-order valence-electron chi connectivity index (χ1n) is 2.69. The topological polar surface area (TPSA) is 49.1 Å². The molecular weight excluding hydrogens is 120 g/mol. The van der Waals surface area contributed by atoms with Crippen LogP contribution in [0.5, 0.6) is 0 Å². The van der Waals surface area contributed by atoms with Crippen molar-refractivity contribution in [1.29, 1.82) is 0 Å². The zero-order valence-corrected chi connectivity index (χ0v) is 6.00. The van der Waals surface area contributed by atoms with Crippen LogP contribution in [0.15, 0.2) is 0 Å². The van der Waals surface area contributed by atoms with E-state index >= 15 is 0 Å². The van der Waals surface area contributed by atoms with E-state index in [1.54, 1.807) is 0 Å². The van der Waals surface area contributed by atoms with Gasteiger partial charge in [-0.25, -0.2) is 4.74 Å². The minimum Gasteiger partial charge on any atom is -0.633 e. The van der Waals surface area contributed by atoms with Gasteiger partial charge >= 0.3 is 0 Å². The third kappa shape index (κ3) is 7.39. The first kappa shape index (κ1) is 8.39. The van der Waals surface area contributed by atoms with E-state index in [4.69, 9.17) is 0 Å². The summed E-state index contributed by atoms with van der Waals surface area (Å²) < 4.78 is 0.185. The first-order valence-corrected chi connectivity index (χ1v) is 2.69. The molecular formula is C5H12N2O2. The van der Waals surface area contributed by atoms with Crippen LogP contribution in [0.3, 0.4) is 0 Å². The first-order chi connectivity index (χ1) is 3.92. The number of hydrogen-bond acceptors (Lipinski definition) is 2. The molecule has 0 aromatic heterocycles. The van der Waals surface area contributed by atoms with Crippen molar-refractivity contribution in [2.75, 3.05) is 27.7 Å². The maximum absolute atomic E-state index is 10.7. The summed E-state index contributed by atoms with van der Waals surface area (Å²) in [4.78, 5) is 0. The molecule has 0 aromatic carbocycles. The summed E-state index contributed by atoms with van der Waals surface area (Å²) in [6.07, 6.45) is 1.31. The summed E-state index contributed by atoms with van der Waals surface area (Å²) in [6, 6.07) is 0. The van der Waals surface area contributed by atoms with Crippen molar-refractivity contribution in [1.82, 2.24) is 0 Å². The zero-order chi connectivity index (χ0) is 7.49. The Morgan fingerprint density at radius 2 is 2.00 bits per heavy atom. The van der Waals surface area contributed by atoms with Gasteiger partial charge in [0.05, 0.1) is 14.1 Å². The Bertz CT molecular complexity index is 111. The van der Waals surface area contributed by atoms with Crippen molar-refractivity contribution in [2.24, 2.45) is 0 Å². The molecule has 54 valence electrons. The molecule has 0 rings (SSSR count). The van der Waals surface area contributed by atoms with E-state index in [0.717, 1.165) is 0 Å². The van der Waals surface area contributed by atoms with Gasteiger partial charge in [-0.3, -0.25) is 0 Å². The van der Waals surface area contributed by atoms with E-state index in [1.165, 1.54) is 27.4 Å². The third-order valence-electron chi connectivity index (χ3n) is 0.778. The fourth-order valence-electron chi connectivity index (χ4n) is 0.312. The van der Waals surface area contributed by atoms with Crippen LogP contribution < -0.4 is 0 Å². The van der Waals surface area contributed by atoms with E-state index in [9.17, 15) is 10.4 Å². The Kier molecular flexibility index (Phi) is 2.61. The van der Waals surface area contributed by atoms with Gasteiger partial charge in [-0.2, -0.15) is 0 Å². The molecule has 0 atom stereocenters. The van der Waals surface area contributed by atoms with E-state index in [0.29, 0.717) is 4.74 Å². The Morgan fingerprint density at radius 1 is 1.56 bits per heavy atom. The SMILES string of the molecule is C/[N+]([O-])=C/C[N+](C)(C)[O-]. The smallest absolute Gasteiger partial charge is 0.206 e. The lowest BCUT2D eigenvalue weighted by molar-refractivity contribution is -0.831. The molecule has 4 heteroatoms. The second kappa shape index (κ2) is 2.80. The van der Waals surface area contributed by atoms with Crippen LogP contribution in [-0.4, -0.2) is 43.3 Å². The molecule has 0 fully saturated rings. The van der Waals surface area contributed by atoms with E-state index in [-0.39, 0.29) is 6.54 Å². The molecule has 0 aromatic rings. The largest absolute Gasteiger partial charge is 0.633 e. The standard InChI is InChI=1S/C5H12N2O2/c1-6(8)4-5-7(2,3)9/h4H,5H2,1-3H3/b6-4-. The van der Waals surface area contributed by atoms with Gasteiger partial charge in [0.15, 0.2) is 6.54 Å². The highest BCUT2D eigenvalue weighted by Crippen LogP contribution is 1.86. The van der Waals surface area contributed by atoms with Gasteiger partial charge < -0.3 is 15.1 Å². The summed E-state index contributed by atoms with van der Waals surface area (Å²) in [6.45, 7) is 0.222. The summed E-state index contributed by atoms with van der Waals surface area (Å²) in [5, 5.41) is 21.0. The van der Waals surface area contributed by atoms with Crippen molar-refractivity contribution in [2.45, 2.75) is 0 Å². The fourth-order valence-corrected chi connectivity index (χ4v) is 0.312. The lowest BCUT2D eigenvalue weighted by Crippen LogP contribution is -2.35. The van der Waals surface area contributed by atoms with Gasteiger partial charge in [-0.15, -0.1) is 0 Å². The van der Waals surface area contributed by atoms with Crippen LogP contribution >= 0.6 is 0 Å². The zero-order valence-electron chi connectivity index (χ0n) is 6.00. The maximum Gasteiger partial charge on any atom is 0.206 e. The highest BCUT2D eigenvalue weighted by Gasteiger charge is 1.98. The molecule has 0 saturated heterocycles. The molecule has 0 aliphatic heterocycles. The fraction of sp³-hybridized carbons (Fsp3) is 0.800. The molecule has 9 heavy (non-hydrogen) atoms. The molecule has 0 bridgehead atoms. The second-order valence-electron chi connectivity index (χ2n) is 2.49. The number of nitrogens with zero attached hydrogens (tertiary/aromatic N) is 2. The summed E-state index contributed by atoms with van der Waals surface area (Å²) in [7, 11) is 4.33. The van der Waals surface area contributed by atoms with Gasteiger partial charge in [-0.05, 0) is 0 Å². The second-order valence-corrected chi connectivity index (χ2v) is 2.49. The van der Waals surface area contributed by atoms with Crippen LogP contribution in [0.2, 0.25) is 0 Å². The minimum absolute atomic E-state index is 0.222. The van der Waals surface area contributed by atoms with Crippen LogP contribution in [0, 0.1) is 10.4 Å². The maximum atomic E-state index is 10.7. The molecule has 0 spiro atoms. The van der Waals surface area contributed by atoms with Gasteiger partial charge in [0.25, 0.3) is 0 Å². The third-order valence-corrected chi connectivity index (χ3v) is 0.778. The predicted octanol–water partition coefficient (Wildman–Crippen LogP) is -0.228. The quantitative estimate of drug-likeness (QED) is 0.171. The molecule has 0 saturated carbocycles. The number of quaternary nitrogens is 1. The molecule has 4 nitrogen and oxygen atoms in total. The van der Waals surface area contributed by atoms with Crippen LogP contribution in [0.4, 0.5) is 0 Å². The molecule has 0 unspecified atom stereocenters. The van der Waals surface area contributed by atoms with Crippen molar-refractivity contribution in [3.05, 3.63) is 10.4 Å². The molecule has 0 amide bonds. The molecule has 0 aliphatic rings. The summed E-state index contributed by atoms with van der Waals surface area (Å²) in [5.41, 5.74) is 0. The highest BCUT2D eigenvalue weighted by molar-refractivity contribution is 5.52. The van der Waals surface area contributed by atoms with Gasteiger partial charge in [-0.1, -0.05) is 0 Å². The van der Waals surface area contributed by atoms with Gasteiger partial charge in [0.1, 0.15) is 7.05 Å². The molecule has 0 heterocycles. The average Bonchev–Trinajstić information content (AvgIpc) is 1.59. The van der Waals surface area contributed by atoms with Crippen molar-refractivity contribution >= 4 is 6.21 Å². The lowest BCUT2D eigenvalue weighted by Gasteiger charge is -2.30.